The van der Waals surface area contributed by atoms with Gasteiger partial charge in [0.15, 0.2) is 5.78 Å². The summed E-state index contributed by atoms with van der Waals surface area (Å²) in [6, 6.07) is 11.2. The second kappa shape index (κ2) is 8.24. The molecule has 5 nitrogen and oxygen atoms in total. The Morgan fingerprint density at radius 1 is 1.04 bits per heavy atom. The number of pyridine rings is 1. The summed E-state index contributed by atoms with van der Waals surface area (Å²) in [5.41, 5.74) is 2.47. The molecule has 1 amide bonds. The van der Waals surface area contributed by atoms with Crippen molar-refractivity contribution in [3.05, 3.63) is 53.7 Å². The Morgan fingerprint density at radius 2 is 1.75 bits per heavy atom. The van der Waals surface area contributed by atoms with E-state index in [0.717, 1.165) is 12.2 Å². The summed E-state index contributed by atoms with van der Waals surface area (Å²) in [5.74, 6) is 0.612. The van der Waals surface area contributed by atoms with Gasteiger partial charge in [0.05, 0.1) is 11.9 Å². The van der Waals surface area contributed by atoms with Gasteiger partial charge in [0.2, 0.25) is 5.91 Å². The average Bonchev–Trinajstić information content (AvgIpc) is 2.60. The van der Waals surface area contributed by atoms with Crippen molar-refractivity contribution in [3.63, 3.8) is 0 Å². The number of carbonyl (C=O) groups excluding carboxylic acids is 2. The zero-order valence-electron chi connectivity index (χ0n) is 14.4. The van der Waals surface area contributed by atoms with Crippen LogP contribution in [0.25, 0.3) is 0 Å². The number of nitrogens with one attached hydrogen (secondary N) is 1. The van der Waals surface area contributed by atoms with Crippen LogP contribution in [-0.4, -0.2) is 30.8 Å². The Hall–Kier alpha value is -2.69. The first-order valence-electron chi connectivity index (χ1n) is 8.05. The van der Waals surface area contributed by atoms with Crippen LogP contribution in [0.4, 0.5) is 11.5 Å². The van der Waals surface area contributed by atoms with E-state index in [1.165, 1.54) is 5.56 Å². The highest BCUT2D eigenvalue weighted by Gasteiger charge is 2.10. The smallest absolute Gasteiger partial charge is 0.224 e. The molecule has 0 aliphatic heterocycles. The second-order valence-electron chi connectivity index (χ2n) is 5.82. The molecule has 0 aliphatic rings. The van der Waals surface area contributed by atoms with E-state index in [9.17, 15) is 9.59 Å². The predicted octanol–water partition coefficient (Wildman–Crippen LogP) is 3.31. The maximum Gasteiger partial charge on any atom is 0.224 e. The van der Waals surface area contributed by atoms with Gasteiger partial charge < -0.3 is 10.2 Å². The number of Topliss-reactive ketones (excluding diaryl/α,β-unsaturated/α-hetero) is 1. The largest absolute Gasteiger partial charge is 0.363 e. The van der Waals surface area contributed by atoms with Gasteiger partial charge in [-0.3, -0.25) is 9.59 Å². The second-order valence-corrected chi connectivity index (χ2v) is 5.82. The molecule has 0 saturated carbocycles. The number of anilines is 2. The third-order valence-electron chi connectivity index (χ3n) is 3.75. The molecule has 2 rings (SSSR count). The Balaban J connectivity index is 1.84. The number of aryl methyl sites for hydroxylation is 1. The first-order chi connectivity index (χ1) is 11.5. The molecule has 1 aromatic carbocycles. The first kappa shape index (κ1) is 17.7. The lowest BCUT2D eigenvalue weighted by Gasteiger charge is -2.11. The monoisotopic (exact) mass is 325 g/mol. The third kappa shape index (κ3) is 4.91. The maximum absolute atomic E-state index is 12.1. The van der Waals surface area contributed by atoms with E-state index in [1.807, 2.05) is 49.3 Å². The van der Waals surface area contributed by atoms with Crippen molar-refractivity contribution in [2.75, 3.05) is 24.3 Å². The molecule has 24 heavy (non-hydrogen) atoms. The van der Waals surface area contributed by atoms with Crippen LogP contribution in [0, 0.1) is 0 Å². The van der Waals surface area contributed by atoms with Crippen LogP contribution in [0.5, 0.6) is 0 Å². The quantitative estimate of drug-likeness (QED) is 0.793. The lowest BCUT2D eigenvalue weighted by Crippen LogP contribution is -2.14. The van der Waals surface area contributed by atoms with Crippen LogP contribution in [-0.2, 0) is 11.2 Å². The fraction of sp³-hybridized carbons (Fsp3) is 0.316. The maximum atomic E-state index is 12.1. The van der Waals surface area contributed by atoms with Crippen molar-refractivity contribution in [2.45, 2.75) is 26.2 Å². The van der Waals surface area contributed by atoms with Crippen LogP contribution in [0.1, 0.15) is 35.7 Å². The molecule has 2 aromatic rings. The van der Waals surface area contributed by atoms with Crippen molar-refractivity contribution in [3.8, 4) is 0 Å². The van der Waals surface area contributed by atoms with Crippen LogP contribution >= 0.6 is 0 Å². The average molecular weight is 325 g/mol. The number of aromatic nitrogens is 1. The molecule has 1 heterocycles. The van der Waals surface area contributed by atoms with Crippen molar-refractivity contribution >= 4 is 23.2 Å². The van der Waals surface area contributed by atoms with Gasteiger partial charge in [-0.2, -0.15) is 0 Å². The van der Waals surface area contributed by atoms with Crippen LogP contribution in [0.15, 0.2) is 42.6 Å². The zero-order valence-corrected chi connectivity index (χ0v) is 14.4. The van der Waals surface area contributed by atoms with Gasteiger partial charge >= 0.3 is 0 Å². The summed E-state index contributed by atoms with van der Waals surface area (Å²) in [5, 5.41) is 2.76. The fourth-order valence-electron chi connectivity index (χ4n) is 2.25. The lowest BCUT2D eigenvalue weighted by atomic mass is 10.0. The van der Waals surface area contributed by atoms with E-state index in [2.05, 4.69) is 17.2 Å². The summed E-state index contributed by atoms with van der Waals surface area (Å²) in [6.07, 6.45) is 2.90. The number of nitrogens with zero attached hydrogens (tertiary/aromatic N) is 2. The summed E-state index contributed by atoms with van der Waals surface area (Å²) in [6.45, 7) is 2.07. The number of benzene rings is 1. The highest BCUT2D eigenvalue weighted by molar-refractivity contribution is 6.00. The van der Waals surface area contributed by atoms with Gasteiger partial charge in [-0.25, -0.2) is 4.98 Å². The van der Waals surface area contributed by atoms with Gasteiger partial charge in [-0.1, -0.05) is 31.2 Å². The molecule has 1 N–H and O–H groups in total. The van der Waals surface area contributed by atoms with E-state index in [4.69, 9.17) is 0 Å². The molecule has 0 saturated heterocycles. The molecule has 0 spiro atoms. The van der Waals surface area contributed by atoms with Gasteiger partial charge in [-0.05, 0) is 24.1 Å². The molecular formula is C19H23N3O2. The van der Waals surface area contributed by atoms with Crippen molar-refractivity contribution in [2.24, 2.45) is 0 Å². The summed E-state index contributed by atoms with van der Waals surface area (Å²) >= 11 is 0. The number of hydrogen-bond acceptors (Lipinski definition) is 4. The third-order valence-corrected chi connectivity index (χ3v) is 3.75. The lowest BCUT2D eigenvalue weighted by molar-refractivity contribution is -0.116. The first-order valence-corrected chi connectivity index (χ1v) is 8.05. The molecule has 1 aromatic heterocycles. The molecular weight excluding hydrogens is 302 g/mol. The van der Waals surface area contributed by atoms with Crippen molar-refractivity contribution in [1.29, 1.82) is 0 Å². The van der Waals surface area contributed by atoms with Crippen LogP contribution in [0.3, 0.4) is 0 Å². The van der Waals surface area contributed by atoms with Crippen molar-refractivity contribution in [1.82, 2.24) is 4.98 Å². The molecule has 0 bridgehead atoms. The SMILES string of the molecule is CCc1ccc(C(=O)CCC(=O)Nc2ccc(N(C)C)nc2)cc1. The molecule has 126 valence electrons. The molecule has 0 radical (unpaired) electrons. The Morgan fingerprint density at radius 3 is 2.29 bits per heavy atom. The van der Waals surface area contributed by atoms with E-state index < -0.39 is 0 Å². The number of hydrogen-bond donors (Lipinski definition) is 1. The minimum atomic E-state index is -0.187. The predicted molar refractivity (Wildman–Crippen MR) is 96.6 cm³/mol. The van der Waals surface area contributed by atoms with Crippen LogP contribution in [0.2, 0.25) is 0 Å². The fourth-order valence-corrected chi connectivity index (χ4v) is 2.25. The van der Waals surface area contributed by atoms with E-state index in [0.29, 0.717) is 11.3 Å². The van der Waals surface area contributed by atoms with E-state index >= 15 is 0 Å². The summed E-state index contributed by atoms with van der Waals surface area (Å²) in [4.78, 5) is 30.2. The Kier molecular flexibility index (Phi) is 6.07. The molecule has 0 atom stereocenters. The van der Waals surface area contributed by atoms with Gasteiger partial charge in [0.1, 0.15) is 5.82 Å². The highest BCUT2D eigenvalue weighted by Crippen LogP contribution is 2.13. The minimum Gasteiger partial charge on any atom is -0.363 e. The van der Waals surface area contributed by atoms with Crippen molar-refractivity contribution < 1.29 is 9.59 Å². The Bertz CT molecular complexity index is 692. The molecule has 0 aliphatic carbocycles. The van der Waals surface area contributed by atoms with E-state index in [1.54, 1.807) is 12.3 Å². The topological polar surface area (TPSA) is 62.3 Å². The number of rotatable bonds is 7. The molecule has 0 unspecified atom stereocenters. The number of ketones is 1. The van der Waals surface area contributed by atoms with Crippen LogP contribution < -0.4 is 10.2 Å². The number of carbonyl (C=O) groups is 2. The van der Waals surface area contributed by atoms with Gasteiger partial charge in [0.25, 0.3) is 0 Å². The van der Waals surface area contributed by atoms with Gasteiger partial charge in [0, 0.05) is 32.5 Å². The van der Waals surface area contributed by atoms with E-state index in [-0.39, 0.29) is 24.5 Å². The Labute approximate surface area is 142 Å². The number of amides is 1. The highest BCUT2D eigenvalue weighted by atomic mass is 16.2. The van der Waals surface area contributed by atoms with Gasteiger partial charge in [-0.15, -0.1) is 0 Å². The normalized spacial score (nSPS) is 10.3. The standard InChI is InChI=1S/C19H23N3O2/c1-4-14-5-7-15(8-6-14)17(23)10-12-19(24)21-16-9-11-18(20-13-16)22(2)3/h5-9,11,13H,4,10,12H2,1-3H3,(H,21,24). The molecule has 5 heteroatoms. The minimum absolute atomic E-state index is 0.0196. The zero-order chi connectivity index (χ0) is 17.5. The summed E-state index contributed by atoms with van der Waals surface area (Å²) in [7, 11) is 3.80. The molecule has 0 fully saturated rings. The summed E-state index contributed by atoms with van der Waals surface area (Å²) < 4.78 is 0.